The number of hydrogen-bond acceptors (Lipinski definition) is 3. The minimum atomic E-state index is -0.339. The van der Waals surface area contributed by atoms with Crippen LogP contribution in [0.5, 0.6) is 5.75 Å². The van der Waals surface area contributed by atoms with Gasteiger partial charge in [0.1, 0.15) is 5.75 Å². The summed E-state index contributed by atoms with van der Waals surface area (Å²) in [5.74, 6) is 0.234. The number of benzene rings is 3. The lowest BCUT2D eigenvalue weighted by Crippen LogP contribution is -2.08. The van der Waals surface area contributed by atoms with Crippen LogP contribution in [0.15, 0.2) is 72.8 Å². The summed E-state index contributed by atoms with van der Waals surface area (Å²) < 4.78 is 11.7. The van der Waals surface area contributed by atoms with E-state index in [9.17, 15) is 4.79 Å². The summed E-state index contributed by atoms with van der Waals surface area (Å²) in [7, 11) is 0. The molecule has 3 heteroatoms. The molecule has 0 spiro atoms. The smallest absolute Gasteiger partial charge is 0.343 e. The van der Waals surface area contributed by atoms with E-state index in [0.29, 0.717) is 11.3 Å². The second-order valence-corrected chi connectivity index (χ2v) is 10.7. The maximum Gasteiger partial charge on any atom is 0.343 e. The molecule has 1 atom stereocenters. The van der Waals surface area contributed by atoms with E-state index < -0.39 is 0 Å². The van der Waals surface area contributed by atoms with Crippen molar-refractivity contribution in [1.82, 2.24) is 0 Å². The molecule has 1 unspecified atom stereocenters. The summed E-state index contributed by atoms with van der Waals surface area (Å²) in [6.45, 7) is 7.37. The molecule has 0 amide bonds. The molecular weight excluding hydrogens is 480 g/mol. The maximum atomic E-state index is 12.6. The fourth-order valence-electron chi connectivity index (χ4n) is 4.87. The van der Waals surface area contributed by atoms with Crippen LogP contribution >= 0.6 is 0 Å². The first-order valence-electron chi connectivity index (χ1n) is 15.2. The van der Waals surface area contributed by atoms with Gasteiger partial charge >= 0.3 is 5.97 Å². The monoisotopic (exact) mass is 528 g/mol. The summed E-state index contributed by atoms with van der Waals surface area (Å²) in [5.41, 5.74) is 5.17. The lowest BCUT2D eigenvalue weighted by molar-refractivity contribution is 0.0627. The fourth-order valence-corrected chi connectivity index (χ4v) is 4.87. The second-order valence-electron chi connectivity index (χ2n) is 10.7. The van der Waals surface area contributed by atoms with Gasteiger partial charge in [0.2, 0.25) is 0 Å². The number of carbonyl (C=O) groups is 1. The van der Waals surface area contributed by atoms with Crippen LogP contribution in [0.4, 0.5) is 0 Å². The van der Waals surface area contributed by atoms with Crippen LogP contribution in [0.3, 0.4) is 0 Å². The zero-order valence-electron chi connectivity index (χ0n) is 24.4. The Morgan fingerprint density at radius 1 is 0.641 bits per heavy atom. The third-order valence-corrected chi connectivity index (χ3v) is 7.37. The van der Waals surface area contributed by atoms with Gasteiger partial charge in [-0.2, -0.15) is 0 Å². The largest absolute Gasteiger partial charge is 0.423 e. The first kappa shape index (κ1) is 30.6. The number of unbranched alkanes of at least 4 members (excludes halogenated alkanes) is 9. The number of ether oxygens (including phenoxy) is 2. The van der Waals surface area contributed by atoms with Gasteiger partial charge in [-0.25, -0.2) is 4.79 Å². The van der Waals surface area contributed by atoms with Crippen LogP contribution in [0.1, 0.15) is 119 Å². The van der Waals surface area contributed by atoms with Crippen molar-refractivity contribution in [1.29, 1.82) is 0 Å². The lowest BCUT2D eigenvalue weighted by Gasteiger charge is -2.14. The van der Waals surface area contributed by atoms with Crippen molar-refractivity contribution in [2.24, 2.45) is 0 Å². The molecule has 0 heterocycles. The third-order valence-electron chi connectivity index (χ3n) is 7.37. The molecule has 0 aliphatic carbocycles. The molecule has 3 aromatic rings. The molecule has 0 bridgehead atoms. The predicted octanol–water partition coefficient (Wildman–Crippen LogP) is 10.5. The Hall–Kier alpha value is -2.91. The van der Waals surface area contributed by atoms with Gasteiger partial charge in [-0.05, 0) is 66.3 Å². The van der Waals surface area contributed by atoms with Gasteiger partial charge in [0, 0.05) is 6.61 Å². The summed E-state index contributed by atoms with van der Waals surface area (Å²) in [4.78, 5) is 12.6. The van der Waals surface area contributed by atoms with Gasteiger partial charge in [0.15, 0.2) is 0 Å². The van der Waals surface area contributed by atoms with E-state index in [1.54, 1.807) is 0 Å². The van der Waals surface area contributed by atoms with Crippen molar-refractivity contribution in [2.45, 2.75) is 104 Å². The topological polar surface area (TPSA) is 35.5 Å². The average Bonchev–Trinajstić information content (AvgIpc) is 2.97. The third kappa shape index (κ3) is 11.0. The van der Waals surface area contributed by atoms with Crippen molar-refractivity contribution in [3.8, 4) is 16.9 Å². The van der Waals surface area contributed by atoms with Crippen molar-refractivity contribution in [2.75, 3.05) is 6.61 Å². The van der Waals surface area contributed by atoms with E-state index in [4.69, 9.17) is 9.47 Å². The molecule has 0 aliphatic heterocycles. The van der Waals surface area contributed by atoms with E-state index in [1.165, 1.54) is 68.9 Å². The summed E-state index contributed by atoms with van der Waals surface area (Å²) >= 11 is 0. The SMILES string of the molecule is CCCCCCCCCCCCOC(C)c1ccc(-c2ccc(C(=O)Oc3ccc(CCC)cc3)cc2)cc1. The highest BCUT2D eigenvalue weighted by atomic mass is 16.5. The van der Waals surface area contributed by atoms with Crippen molar-refractivity contribution in [3.63, 3.8) is 0 Å². The highest BCUT2D eigenvalue weighted by Crippen LogP contribution is 2.25. The predicted molar refractivity (Wildman–Crippen MR) is 163 cm³/mol. The van der Waals surface area contributed by atoms with Crippen molar-refractivity contribution >= 4 is 5.97 Å². The Kier molecular flexibility index (Phi) is 13.8. The fraction of sp³-hybridized carbons (Fsp3) is 0.472. The van der Waals surface area contributed by atoms with Crippen molar-refractivity contribution < 1.29 is 14.3 Å². The normalized spacial score (nSPS) is 11.9. The summed E-state index contributed by atoms with van der Waals surface area (Å²) in [5, 5.41) is 0. The van der Waals surface area contributed by atoms with E-state index in [1.807, 2.05) is 48.5 Å². The lowest BCUT2D eigenvalue weighted by atomic mass is 10.0. The Morgan fingerprint density at radius 2 is 1.18 bits per heavy atom. The minimum absolute atomic E-state index is 0.0887. The first-order valence-corrected chi connectivity index (χ1v) is 15.2. The summed E-state index contributed by atoms with van der Waals surface area (Å²) in [6.07, 6.45) is 15.6. The standard InChI is InChI=1S/C36H48O3/c1-4-6-7-8-9-10-11-12-13-14-28-38-29(3)31-18-20-32(21-19-31)33-22-24-34(25-23-33)36(37)39-35-26-16-30(15-5-2)17-27-35/h16-27,29H,4-15,28H2,1-3H3. The highest BCUT2D eigenvalue weighted by molar-refractivity contribution is 5.91. The number of rotatable bonds is 18. The molecule has 0 aliphatic rings. The second kappa shape index (κ2) is 17.6. The molecule has 0 fully saturated rings. The molecule has 3 rings (SSSR count). The molecule has 39 heavy (non-hydrogen) atoms. The Balaban J connectivity index is 1.38. The van der Waals surface area contributed by atoms with Gasteiger partial charge in [-0.1, -0.05) is 127 Å². The first-order chi connectivity index (χ1) is 19.1. The van der Waals surface area contributed by atoms with Gasteiger partial charge in [0.05, 0.1) is 11.7 Å². The van der Waals surface area contributed by atoms with Crippen molar-refractivity contribution in [3.05, 3.63) is 89.5 Å². The number of hydrogen-bond donors (Lipinski definition) is 0. The van der Waals surface area contributed by atoms with Crippen LogP contribution in [0, 0.1) is 0 Å². The molecule has 210 valence electrons. The highest BCUT2D eigenvalue weighted by Gasteiger charge is 2.10. The molecule has 0 saturated heterocycles. The maximum absolute atomic E-state index is 12.6. The number of esters is 1. The van der Waals surface area contributed by atoms with E-state index in [-0.39, 0.29) is 12.1 Å². The molecule has 0 radical (unpaired) electrons. The number of carbonyl (C=O) groups excluding carboxylic acids is 1. The minimum Gasteiger partial charge on any atom is -0.423 e. The zero-order chi connectivity index (χ0) is 27.7. The molecule has 0 saturated carbocycles. The average molecular weight is 529 g/mol. The van der Waals surface area contributed by atoms with Gasteiger partial charge in [-0.15, -0.1) is 0 Å². The van der Waals surface area contributed by atoms with Crippen LogP contribution in [-0.2, 0) is 11.2 Å². The van der Waals surface area contributed by atoms with Crippen LogP contribution in [0.2, 0.25) is 0 Å². The van der Waals surface area contributed by atoms with E-state index in [2.05, 4.69) is 45.0 Å². The molecule has 0 aromatic heterocycles. The molecule has 3 aromatic carbocycles. The Bertz CT molecular complexity index is 1070. The van der Waals surface area contributed by atoms with Crippen LogP contribution in [0.25, 0.3) is 11.1 Å². The molecule has 3 nitrogen and oxygen atoms in total. The van der Waals surface area contributed by atoms with Gasteiger partial charge in [0.25, 0.3) is 0 Å². The summed E-state index contributed by atoms with van der Waals surface area (Å²) in [6, 6.07) is 23.9. The number of aryl methyl sites for hydroxylation is 1. The zero-order valence-corrected chi connectivity index (χ0v) is 24.4. The molecule has 0 N–H and O–H groups in total. The Labute approximate surface area is 237 Å². The van der Waals surface area contributed by atoms with Crippen LogP contribution < -0.4 is 4.74 Å². The van der Waals surface area contributed by atoms with E-state index in [0.717, 1.165) is 37.0 Å². The van der Waals surface area contributed by atoms with Crippen LogP contribution in [-0.4, -0.2) is 12.6 Å². The quantitative estimate of drug-likeness (QED) is 0.0935. The van der Waals surface area contributed by atoms with E-state index >= 15 is 0 Å². The Morgan fingerprint density at radius 3 is 1.74 bits per heavy atom. The van der Waals surface area contributed by atoms with Gasteiger partial charge in [-0.3, -0.25) is 0 Å². The molecular formula is C36H48O3. The van der Waals surface area contributed by atoms with Gasteiger partial charge < -0.3 is 9.47 Å².